The van der Waals surface area contributed by atoms with Crippen LogP contribution in [0.5, 0.6) is 0 Å². The number of ether oxygens (including phenoxy) is 1. The normalized spacial score (nSPS) is 11.2. The molecular formula is C23H24N2O5S2. The first kappa shape index (κ1) is 23.6. The fraction of sp³-hybridized carbons (Fsp3) is 0.261. The predicted molar refractivity (Wildman–Crippen MR) is 124 cm³/mol. The maximum atomic E-state index is 12.6. The summed E-state index contributed by atoms with van der Waals surface area (Å²) in [5, 5.41) is 2.16. The van der Waals surface area contributed by atoms with E-state index in [1.165, 1.54) is 42.2 Å². The first-order chi connectivity index (χ1) is 15.3. The maximum Gasteiger partial charge on any atom is 0.339 e. The molecule has 1 heterocycles. The van der Waals surface area contributed by atoms with Crippen LogP contribution in [0.1, 0.15) is 42.4 Å². The topological polar surface area (TPSA) is 93.6 Å². The number of hydrogen-bond acceptors (Lipinski definition) is 7. The monoisotopic (exact) mass is 472 g/mol. The summed E-state index contributed by atoms with van der Waals surface area (Å²) in [6.07, 6.45) is 0.899. The van der Waals surface area contributed by atoms with Gasteiger partial charge >= 0.3 is 5.97 Å². The Morgan fingerprint density at radius 3 is 2.38 bits per heavy atom. The summed E-state index contributed by atoms with van der Waals surface area (Å²) >= 11 is 1.26. The maximum absolute atomic E-state index is 12.6. The highest BCUT2D eigenvalue weighted by atomic mass is 32.2. The third kappa shape index (κ3) is 5.23. The van der Waals surface area contributed by atoms with Crippen LogP contribution < -0.4 is 4.90 Å². The smallest absolute Gasteiger partial charge is 0.339 e. The van der Waals surface area contributed by atoms with Crippen molar-refractivity contribution in [1.82, 2.24) is 4.98 Å². The number of anilines is 2. The number of benzene rings is 2. The second-order valence-electron chi connectivity index (χ2n) is 6.97. The van der Waals surface area contributed by atoms with Crippen molar-refractivity contribution in [3.05, 3.63) is 70.7 Å². The SMILES string of the molecule is CCc1ccc(N(C(C)=O)c2nc(COC(=O)c3ccccc3S(=O)(=O)CC)cs2)cc1. The summed E-state index contributed by atoms with van der Waals surface area (Å²) in [5.41, 5.74) is 2.32. The summed E-state index contributed by atoms with van der Waals surface area (Å²) in [4.78, 5) is 30.7. The van der Waals surface area contributed by atoms with Crippen molar-refractivity contribution in [2.24, 2.45) is 0 Å². The van der Waals surface area contributed by atoms with Gasteiger partial charge in [-0.25, -0.2) is 18.2 Å². The van der Waals surface area contributed by atoms with E-state index in [-0.39, 0.29) is 28.7 Å². The largest absolute Gasteiger partial charge is 0.456 e. The third-order valence-electron chi connectivity index (χ3n) is 4.82. The van der Waals surface area contributed by atoms with Crippen LogP contribution in [-0.4, -0.2) is 31.0 Å². The van der Waals surface area contributed by atoms with Crippen LogP contribution in [0.25, 0.3) is 0 Å². The standard InChI is InChI=1S/C23H24N2O5S2/c1-4-17-10-12-19(13-11-17)25(16(3)26)23-24-18(15-31-23)14-30-22(27)20-8-6-7-9-21(20)32(28,29)5-2/h6-13,15H,4-5,14H2,1-3H3. The summed E-state index contributed by atoms with van der Waals surface area (Å²) in [5.74, 6) is -1.05. The van der Waals surface area contributed by atoms with Gasteiger partial charge < -0.3 is 4.74 Å². The Labute approximate surface area is 191 Å². The number of carbonyl (C=O) groups is 2. The zero-order chi connectivity index (χ0) is 23.3. The zero-order valence-electron chi connectivity index (χ0n) is 18.1. The molecule has 7 nitrogen and oxygen atoms in total. The molecule has 0 spiro atoms. The van der Waals surface area contributed by atoms with Crippen molar-refractivity contribution in [3.8, 4) is 0 Å². The summed E-state index contributed by atoms with van der Waals surface area (Å²) < 4.78 is 29.8. The minimum Gasteiger partial charge on any atom is -0.456 e. The van der Waals surface area contributed by atoms with Crippen molar-refractivity contribution < 1.29 is 22.7 Å². The van der Waals surface area contributed by atoms with Gasteiger partial charge in [0.15, 0.2) is 15.0 Å². The Kier molecular flexibility index (Phi) is 7.42. The van der Waals surface area contributed by atoms with Crippen molar-refractivity contribution in [3.63, 3.8) is 0 Å². The van der Waals surface area contributed by atoms with Crippen LogP contribution in [0.4, 0.5) is 10.8 Å². The molecule has 9 heteroatoms. The van der Waals surface area contributed by atoms with Crippen LogP contribution in [0.15, 0.2) is 58.8 Å². The number of amides is 1. The number of esters is 1. The van der Waals surface area contributed by atoms with E-state index in [0.29, 0.717) is 16.5 Å². The number of nitrogens with zero attached hydrogens (tertiary/aromatic N) is 2. The minimum atomic E-state index is -3.57. The number of aromatic nitrogens is 1. The lowest BCUT2D eigenvalue weighted by Gasteiger charge is -2.18. The van der Waals surface area contributed by atoms with Gasteiger partial charge in [0.05, 0.1) is 27.6 Å². The van der Waals surface area contributed by atoms with Gasteiger partial charge in [-0.1, -0.05) is 38.1 Å². The highest BCUT2D eigenvalue weighted by Crippen LogP contribution is 2.29. The molecular weight excluding hydrogens is 448 g/mol. The molecule has 32 heavy (non-hydrogen) atoms. The molecule has 0 bridgehead atoms. The number of aryl methyl sites for hydroxylation is 1. The lowest BCUT2D eigenvalue weighted by atomic mass is 10.1. The lowest BCUT2D eigenvalue weighted by molar-refractivity contribution is -0.115. The molecule has 1 amide bonds. The highest BCUT2D eigenvalue weighted by Gasteiger charge is 2.22. The van der Waals surface area contributed by atoms with E-state index in [9.17, 15) is 18.0 Å². The van der Waals surface area contributed by atoms with Crippen LogP contribution in [-0.2, 0) is 32.4 Å². The first-order valence-electron chi connectivity index (χ1n) is 10.1. The van der Waals surface area contributed by atoms with Gasteiger partial charge in [0.2, 0.25) is 5.91 Å². The van der Waals surface area contributed by atoms with E-state index in [4.69, 9.17) is 4.74 Å². The number of thiazole rings is 1. The van der Waals surface area contributed by atoms with E-state index >= 15 is 0 Å². The Bertz CT molecular complexity index is 1220. The Morgan fingerprint density at radius 2 is 1.75 bits per heavy atom. The summed E-state index contributed by atoms with van der Waals surface area (Å²) in [6, 6.07) is 13.6. The molecule has 0 atom stereocenters. The van der Waals surface area contributed by atoms with Crippen LogP contribution >= 0.6 is 11.3 Å². The lowest BCUT2D eigenvalue weighted by Crippen LogP contribution is -2.22. The molecule has 0 aliphatic carbocycles. The molecule has 168 valence electrons. The van der Waals surface area contributed by atoms with Crippen LogP contribution in [0, 0.1) is 0 Å². The average molecular weight is 473 g/mol. The number of rotatable bonds is 8. The molecule has 0 N–H and O–H groups in total. The van der Waals surface area contributed by atoms with Crippen LogP contribution in [0.3, 0.4) is 0 Å². The van der Waals surface area contributed by atoms with Crippen molar-refractivity contribution in [2.75, 3.05) is 10.7 Å². The molecule has 3 aromatic rings. The summed E-state index contributed by atoms with van der Waals surface area (Å²) in [6.45, 7) is 4.89. The second kappa shape index (κ2) is 10.1. The van der Waals surface area contributed by atoms with Crippen molar-refractivity contribution in [1.29, 1.82) is 0 Å². The molecule has 0 aliphatic rings. The van der Waals surface area contributed by atoms with Gasteiger partial charge in [0.1, 0.15) is 6.61 Å². The Balaban J connectivity index is 1.76. The third-order valence-corrected chi connectivity index (χ3v) is 7.48. The Morgan fingerprint density at radius 1 is 1.06 bits per heavy atom. The van der Waals surface area contributed by atoms with E-state index in [1.54, 1.807) is 17.5 Å². The van der Waals surface area contributed by atoms with Gasteiger partial charge in [-0.05, 0) is 36.2 Å². The number of hydrogen-bond donors (Lipinski definition) is 0. The minimum absolute atomic E-state index is 0.00817. The Hall–Kier alpha value is -3.04. The average Bonchev–Trinajstić information content (AvgIpc) is 3.26. The molecule has 0 saturated heterocycles. The molecule has 0 fully saturated rings. The molecule has 3 rings (SSSR count). The fourth-order valence-corrected chi connectivity index (χ4v) is 5.01. The van der Waals surface area contributed by atoms with Gasteiger partial charge in [-0.2, -0.15) is 0 Å². The highest BCUT2D eigenvalue weighted by molar-refractivity contribution is 7.91. The molecule has 0 aliphatic heterocycles. The molecule has 0 saturated carbocycles. The van der Waals surface area contributed by atoms with E-state index in [1.807, 2.05) is 24.3 Å². The van der Waals surface area contributed by atoms with Crippen molar-refractivity contribution >= 4 is 43.9 Å². The quantitative estimate of drug-likeness (QED) is 0.447. The summed E-state index contributed by atoms with van der Waals surface area (Å²) in [7, 11) is -3.57. The van der Waals surface area contributed by atoms with Crippen LogP contribution in [0.2, 0.25) is 0 Å². The second-order valence-corrected chi connectivity index (χ2v) is 10.1. The molecule has 2 aromatic carbocycles. The molecule has 1 aromatic heterocycles. The van der Waals surface area contributed by atoms with Crippen molar-refractivity contribution in [2.45, 2.75) is 38.7 Å². The van der Waals surface area contributed by atoms with E-state index in [0.717, 1.165) is 12.0 Å². The van der Waals surface area contributed by atoms with Gasteiger partial charge in [0.25, 0.3) is 0 Å². The number of sulfone groups is 1. The number of carbonyl (C=O) groups excluding carboxylic acids is 2. The van der Waals surface area contributed by atoms with E-state index in [2.05, 4.69) is 11.9 Å². The zero-order valence-corrected chi connectivity index (χ0v) is 19.7. The van der Waals surface area contributed by atoms with E-state index < -0.39 is 15.8 Å². The predicted octanol–water partition coefficient (Wildman–Crippen LogP) is 4.54. The fourth-order valence-electron chi connectivity index (χ4n) is 3.05. The van der Waals surface area contributed by atoms with Gasteiger partial charge in [0, 0.05) is 12.3 Å². The first-order valence-corrected chi connectivity index (χ1v) is 12.6. The molecule has 0 radical (unpaired) electrons. The van der Waals surface area contributed by atoms with Gasteiger partial charge in [-0.15, -0.1) is 11.3 Å². The van der Waals surface area contributed by atoms with Gasteiger partial charge in [-0.3, -0.25) is 9.69 Å². The molecule has 0 unspecified atom stereocenters.